The van der Waals surface area contributed by atoms with Crippen LogP contribution in [0.5, 0.6) is 11.5 Å². The standard InChI is InChI=1S/C19H12Cl4O5S/c20-12-3-1-2-10(8-12)19(29(26,27)28,11-4-6-15(24)14(21)9-11)13-5-7-16(25)18(23)17(13)22/h1-9,24-25H,(H,26,27,28). The summed E-state index contributed by atoms with van der Waals surface area (Å²) < 4.78 is 34.1. The molecule has 3 N–H and O–H groups in total. The molecule has 0 aliphatic rings. The van der Waals surface area contributed by atoms with E-state index in [2.05, 4.69) is 0 Å². The molecule has 0 saturated carbocycles. The summed E-state index contributed by atoms with van der Waals surface area (Å²) in [6.07, 6.45) is 0. The lowest BCUT2D eigenvalue weighted by atomic mass is 9.83. The first kappa shape index (κ1) is 22.0. The summed E-state index contributed by atoms with van der Waals surface area (Å²) in [5.74, 6) is -0.667. The minimum Gasteiger partial charge on any atom is -0.506 e. The van der Waals surface area contributed by atoms with Gasteiger partial charge in [-0.3, -0.25) is 4.55 Å². The summed E-state index contributed by atoms with van der Waals surface area (Å²) in [7, 11) is -5.01. The minimum absolute atomic E-state index is 0.0336. The maximum absolute atomic E-state index is 13.0. The van der Waals surface area contributed by atoms with E-state index < -0.39 is 14.9 Å². The van der Waals surface area contributed by atoms with Crippen molar-refractivity contribution in [1.29, 1.82) is 0 Å². The third-order valence-electron chi connectivity index (χ3n) is 4.41. The largest absolute Gasteiger partial charge is 0.506 e. The summed E-state index contributed by atoms with van der Waals surface area (Å²) >= 11 is 24.5. The predicted octanol–water partition coefficient (Wildman–Crippen LogP) is 5.89. The number of halogens is 4. The molecule has 1 atom stereocenters. The van der Waals surface area contributed by atoms with E-state index >= 15 is 0 Å². The summed E-state index contributed by atoms with van der Waals surface area (Å²) in [5.41, 5.74) is -0.139. The van der Waals surface area contributed by atoms with E-state index in [1.165, 1.54) is 48.5 Å². The second-order valence-corrected chi connectivity index (χ2v) is 9.26. The van der Waals surface area contributed by atoms with Crippen LogP contribution in [0.3, 0.4) is 0 Å². The van der Waals surface area contributed by atoms with Crippen molar-refractivity contribution in [2.24, 2.45) is 0 Å². The molecule has 1 unspecified atom stereocenters. The highest BCUT2D eigenvalue weighted by molar-refractivity contribution is 7.87. The quantitative estimate of drug-likeness (QED) is 0.311. The van der Waals surface area contributed by atoms with E-state index in [0.29, 0.717) is 0 Å². The molecule has 0 bridgehead atoms. The first-order valence-electron chi connectivity index (χ1n) is 7.89. The van der Waals surface area contributed by atoms with Crippen LogP contribution in [0.2, 0.25) is 20.1 Å². The fourth-order valence-corrected chi connectivity index (χ4v) is 5.35. The molecule has 152 valence electrons. The molecule has 3 aromatic rings. The van der Waals surface area contributed by atoms with Crippen molar-refractivity contribution in [3.63, 3.8) is 0 Å². The fraction of sp³-hybridized carbons (Fsp3) is 0.0526. The minimum atomic E-state index is -5.01. The first-order valence-corrected chi connectivity index (χ1v) is 10.8. The van der Waals surface area contributed by atoms with Gasteiger partial charge < -0.3 is 10.2 Å². The second-order valence-electron chi connectivity index (χ2n) is 6.09. The number of benzene rings is 3. The molecule has 3 rings (SSSR count). The first-order chi connectivity index (χ1) is 13.5. The van der Waals surface area contributed by atoms with Gasteiger partial charge >= 0.3 is 0 Å². The van der Waals surface area contributed by atoms with Gasteiger partial charge in [-0.25, -0.2) is 0 Å². The molecule has 5 nitrogen and oxygen atoms in total. The Morgan fingerprint density at radius 3 is 1.97 bits per heavy atom. The zero-order chi connectivity index (χ0) is 21.6. The SMILES string of the molecule is O=S(=O)(O)C(c1cccc(Cl)c1)(c1ccc(O)c(Cl)c1)c1ccc(O)c(Cl)c1Cl. The molecule has 0 aliphatic heterocycles. The Kier molecular flexibility index (Phi) is 5.98. The average Bonchev–Trinajstić information content (AvgIpc) is 2.64. The Bertz CT molecular complexity index is 1210. The molecule has 10 heteroatoms. The molecule has 0 heterocycles. The van der Waals surface area contributed by atoms with E-state index in [1.54, 1.807) is 0 Å². The number of phenolic OH excluding ortho intramolecular Hbond substituents is 2. The van der Waals surface area contributed by atoms with Crippen LogP contribution >= 0.6 is 46.4 Å². The number of hydrogen-bond acceptors (Lipinski definition) is 4. The van der Waals surface area contributed by atoms with Crippen molar-refractivity contribution in [2.45, 2.75) is 4.75 Å². The molecular formula is C19H12Cl4O5S. The van der Waals surface area contributed by atoms with Gasteiger partial charge in [0.25, 0.3) is 10.1 Å². The third kappa shape index (κ3) is 3.65. The van der Waals surface area contributed by atoms with Gasteiger partial charge in [-0.15, -0.1) is 0 Å². The van der Waals surface area contributed by atoms with Crippen molar-refractivity contribution in [2.75, 3.05) is 0 Å². The summed E-state index contributed by atoms with van der Waals surface area (Å²) in [6, 6.07) is 11.8. The van der Waals surface area contributed by atoms with Gasteiger partial charge in [-0.05, 0) is 41.5 Å². The molecule has 0 spiro atoms. The second kappa shape index (κ2) is 7.87. The highest BCUT2D eigenvalue weighted by Gasteiger charge is 2.50. The van der Waals surface area contributed by atoms with E-state index in [1.807, 2.05) is 0 Å². The Morgan fingerprint density at radius 1 is 0.759 bits per heavy atom. The van der Waals surface area contributed by atoms with E-state index in [4.69, 9.17) is 46.4 Å². The molecule has 0 saturated heterocycles. The number of hydrogen-bond donors (Lipinski definition) is 3. The van der Waals surface area contributed by atoms with E-state index in [0.717, 1.165) is 6.07 Å². The van der Waals surface area contributed by atoms with Crippen LogP contribution in [0.4, 0.5) is 0 Å². The third-order valence-corrected chi connectivity index (χ3v) is 7.29. The van der Waals surface area contributed by atoms with Crippen LogP contribution in [0.15, 0.2) is 54.6 Å². The number of aromatic hydroxyl groups is 2. The number of phenols is 2. The van der Waals surface area contributed by atoms with Gasteiger partial charge in [0.2, 0.25) is 0 Å². The van der Waals surface area contributed by atoms with Crippen LogP contribution in [0.1, 0.15) is 16.7 Å². The van der Waals surface area contributed by atoms with Crippen LogP contribution in [0.25, 0.3) is 0 Å². The van der Waals surface area contributed by atoms with Crippen molar-refractivity contribution >= 4 is 56.5 Å². The average molecular weight is 494 g/mol. The van der Waals surface area contributed by atoms with Gasteiger partial charge in [-0.1, -0.05) is 70.7 Å². The van der Waals surface area contributed by atoms with Gasteiger partial charge in [0.15, 0.2) is 4.75 Å². The van der Waals surface area contributed by atoms with E-state index in [-0.39, 0.29) is 48.3 Å². The molecule has 0 radical (unpaired) electrons. The Balaban J connectivity index is 2.58. The predicted molar refractivity (Wildman–Crippen MR) is 114 cm³/mol. The highest BCUT2D eigenvalue weighted by atomic mass is 35.5. The number of rotatable bonds is 4. The van der Waals surface area contributed by atoms with Crippen molar-refractivity contribution in [3.8, 4) is 11.5 Å². The maximum atomic E-state index is 13.0. The maximum Gasteiger partial charge on any atom is 0.283 e. The molecule has 0 fully saturated rings. The lowest BCUT2D eigenvalue weighted by Gasteiger charge is -2.33. The van der Waals surface area contributed by atoms with Gasteiger partial charge in [0, 0.05) is 10.6 Å². The van der Waals surface area contributed by atoms with Crippen molar-refractivity contribution in [1.82, 2.24) is 0 Å². The fourth-order valence-electron chi connectivity index (χ4n) is 3.16. The van der Waals surface area contributed by atoms with Crippen LogP contribution in [-0.4, -0.2) is 23.2 Å². The Hall–Kier alpha value is -1.67. The van der Waals surface area contributed by atoms with Crippen LogP contribution < -0.4 is 0 Å². The molecule has 29 heavy (non-hydrogen) atoms. The van der Waals surface area contributed by atoms with Crippen molar-refractivity contribution in [3.05, 3.63) is 91.4 Å². The summed E-state index contributed by atoms with van der Waals surface area (Å²) in [5, 5.41) is 19.1. The topological polar surface area (TPSA) is 94.8 Å². The van der Waals surface area contributed by atoms with Crippen molar-refractivity contribution < 1.29 is 23.2 Å². The summed E-state index contributed by atoms with van der Waals surface area (Å²) in [4.78, 5) is 0. The highest BCUT2D eigenvalue weighted by Crippen LogP contribution is 2.50. The van der Waals surface area contributed by atoms with Crippen LogP contribution in [0, 0.1) is 0 Å². The molecule has 0 aliphatic carbocycles. The molecule has 0 aromatic heterocycles. The monoisotopic (exact) mass is 492 g/mol. The normalized spacial score (nSPS) is 13.8. The lowest BCUT2D eigenvalue weighted by molar-refractivity contribution is 0.456. The van der Waals surface area contributed by atoms with Gasteiger partial charge in [-0.2, -0.15) is 8.42 Å². The Labute approximate surface area is 186 Å². The zero-order valence-electron chi connectivity index (χ0n) is 14.3. The zero-order valence-corrected chi connectivity index (χ0v) is 18.1. The smallest absolute Gasteiger partial charge is 0.283 e. The van der Waals surface area contributed by atoms with E-state index in [9.17, 15) is 23.2 Å². The lowest BCUT2D eigenvalue weighted by Crippen LogP contribution is -2.38. The van der Waals surface area contributed by atoms with Crippen LogP contribution in [-0.2, 0) is 14.9 Å². The van der Waals surface area contributed by atoms with Gasteiger partial charge in [0.05, 0.1) is 10.0 Å². The molecular weight excluding hydrogens is 482 g/mol. The summed E-state index contributed by atoms with van der Waals surface area (Å²) in [6.45, 7) is 0. The van der Waals surface area contributed by atoms with Gasteiger partial charge in [0.1, 0.15) is 16.5 Å². The Morgan fingerprint density at radius 2 is 1.38 bits per heavy atom. The molecule has 3 aromatic carbocycles. The molecule has 0 amide bonds.